The molecule has 0 aliphatic rings. The van der Waals surface area contributed by atoms with E-state index < -0.39 is 0 Å². The van der Waals surface area contributed by atoms with Crippen LogP contribution in [0.2, 0.25) is 0 Å². The van der Waals surface area contributed by atoms with Crippen LogP contribution in [0.15, 0.2) is 47.4 Å². The Balaban J connectivity index is 1.91. The summed E-state index contributed by atoms with van der Waals surface area (Å²) in [5.74, 6) is 0.658. The average molecular weight is 304 g/mol. The fourth-order valence-corrected chi connectivity index (χ4v) is 2.75. The fraction of sp³-hybridized carbons (Fsp3) is 0.167. The third-order valence-electron chi connectivity index (χ3n) is 4.00. The first-order valence-corrected chi connectivity index (χ1v) is 7.45. The minimum Gasteiger partial charge on any atom is -0.436 e. The number of nitrogens with zero attached hydrogens (tertiary/aromatic N) is 4. The Labute approximate surface area is 133 Å². The Bertz CT molecular complexity index is 999. The summed E-state index contributed by atoms with van der Waals surface area (Å²) in [5, 5.41) is 7.70. The number of aromatic nitrogens is 4. The second-order valence-electron chi connectivity index (χ2n) is 5.82. The summed E-state index contributed by atoms with van der Waals surface area (Å²) >= 11 is 0. The Morgan fingerprint density at radius 3 is 2.48 bits per heavy atom. The predicted octanol–water partition coefficient (Wildman–Crippen LogP) is 4.00. The van der Waals surface area contributed by atoms with Crippen LogP contribution in [0, 0.1) is 20.8 Å². The zero-order valence-electron chi connectivity index (χ0n) is 13.2. The number of aryl methyl sites for hydroxylation is 3. The molecular weight excluding hydrogens is 288 g/mol. The molecule has 0 saturated carbocycles. The molecule has 0 atom stereocenters. The van der Waals surface area contributed by atoms with E-state index in [0.717, 1.165) is 33.5 Å². The molecule has 4 aromatic rings. The highest BCUT2D eigenvalue weighted by Crippen LogP contribution is 2.30. The first kappa shape index (κ1) is 13.7. The highest BCUT2D eigenvalue weighted by molar-refractivity contribution is 5.82. The molecule has 0 saturated heterocycles. The van der Waals surface area contributed by atoms with Gasteiger partial charge in [0, 0.05) is 5.56 Å². The van der Waals surface area contributed by atoms with E-state index in [1.165, 1.54) is 5.56 Å². The molecule has 0 spiro atoms. The van der Waals surface area contributed by atoms with Crippen LogP contribution in [-0.2, 0) is 0 Å². The largest absolute Gasteiger partial charge is 0.436 e. The van der Waals surface area contributed by atoms with Gasteiger partial charge in [-0.25, -0.2) is 4.98 Å². The molecule has 23 heavy (non-hydrogen) atoms. The van der Waals surface area contributed by atoms with E-state index in [1.807, 2.05) is 23.6 Å². The van der Waals surface area contributed by atoms with Crippen molar-refractivity contribution in [3.63, 3.8) is 0 Å². The van der Waals surface area contributed by atoms with Crippen LogP contribution in [0.4, 0.5) is 0 Å². The molecule has 0 unspecified atom stereocenters. The summed E-state index contributed by atoms with van der Waals surface area (Å²) in [6.07, 6.45) is 3.35. The lowest BCUT2D eigenvalue weighted by atomic mass is 10.1. The van der Waals surface area contributed by atoms with Crippen LogP contribution >= 0.6 is 0 Å². The molecule has 0 N–H and O–H groups in total. The Morgan fingerprint density at radius 1 is 0.913 bits per heavy atom. The van der Waals surface area contributed by atoms with E-state index in [2.05, 4.69) is 42.2 Å². The maximum Gasteiger partial charge on any atom is 0.227 e. The van der Waals surface area contributed by atoms with Gasteiger partial charge in [0.15, 0.2) is 5.58 Å². The second-order valence-corrected chi connectivity index (χ2v) is 5.82. The molecule has 2 heterocycles. The van der Waals surface area contributed by atoms with Gasteiger partial charge in [0.2, 0.25) is 5.89 Å². The van der Waals surface area contributed by atoms with Gasteiger partial charge < -0.3 is 4.42 Å². The first-order chi connectivity index (χ1) is 11.1. The van der Waals surface area contributed by atoms with Gasteiger partial charge in [0.25, 0.3) is 0 Å². The topological polar surface area (TPSA) is 56.7 Å². The lowest BCUT2D eigenvalue weighted by Gasteiger charge is -2.02. The zero-order chi connectivity index (χ0) is 16.0. The summed E-state index contributed by atoms with van der Waals surface area (Å²) < 4.78 is 7.90. The highest BCUT2D eigenvalue weighted by Gasteiger charge is 2.14. The van der Waals surface area contributed by atoms with Gasteiger partial charge in [-0.15, -0.1) is 10.2 Å². The normalized spacial score (nSPS) is 11.3. The summed E-state index contributed by atoms with van der Waals surface area (Å²) in [7, 11) is 0. The van der Waals surface area contributed by atoms with Crippen LogP contribution in [0.25, 0.3) is 28.2 Å². The third kappa shape index (κ3) is 2.30. The molecule has 0 aliphatic heterocycles. The van der Waals surface area contributed by atoms with Gasteiger partial charge in [0.05, 0.1) is 5.69 Å². The number of oxazole rings is 1. The number of rotatable bonds is 2. The van der Waals surface area contributed by atoms with Gasteiger partial charge in [0.1, 0.15) is 18.2 Å². The van der Waals surface area contributed by atoms with Gasteiger partial charge in [-0.3, -0.25) is 4.57 Å². The van der Waals surface area contributed by atoms with Crippen LogP contribution in [0.5, 0.6) is 0 Å². The number of hydrogen-bond acceptors (Lipinski definition) is 4. The highest BCUT2D eigenvalue weighted by atomic mass is 16.3. The smallest absolute Gasteiger partial charge is 0.227 e. The molecule has 0 bridgehead atoms. The number of fused-ring (bicyclic) bond motifs is 1. The molecular formula is C18H16N4O. The molecule has 0 fully saturated rings. The molecule has 5 heteroatoms. The maximum absolute atomic E-state index is 6.04. The summed E-state index contributed by atoms with van der Waals surface area (Å²) in [6.45, 7) is 6.16. The Hall–Kier alpha value is -2.95. The molecule has 2 aromatic heterocycles. The Morgan fingerprint density at radius 2 is 1.70 bits per heavy atom. The standard InChI is InChI=1S/C18H16N4O/c1-11-4-5-12(2)15(6-11)18-21-16-8-14(22-9-19-20-10-22)7-13(3)17(16)23-18/h4-10H,1-3H3. The third-order valence-corrected chi connectivity index (χ3v) is 4.00. The minimum absolute atomic E-state index is 0.658. The summed E-state index contributed by atoms with van der Waals surface area (Å²) in [4.78, 5) is 4.70. The van der Waals surface area contributed by atoms with Crippen molar-refractivity contribution in [3.05, 3.63) is 59.7 Å². The second kappa shape index (κ2) is 5.05. The van der Waals surface area contributed by atoms with Gasteiger partial charge >= 0.3 is 0 Å². The molecule has 4 rings (SSSR count). The zero-order valence-corrected chi connectivity index (χ0v) is 13.2. The quantitative estimate of drug-likeness (QED) is 0.561. The Kier molecular flexibility index (Phi) is 3.01. The van der Waals surface area contributed by atoms with Gasteiger partial charge in [-0.05, 0) is 50.1 Å². The maximum atomic E-state index is 6.04. The van der Waals surface area contributed by atoms with E-state index in [4.69, 9.17) is 9.40 Å². The van der Waals surface area contributed by atoms with Gasteiger partial charge in [-0.2, -0.15) is 0 Å². The van der Waals surface area contributed by atoms with Crippen LogP contribution in [0.3, 0.4) is 0 Å². The van der Waals surface area contributed by atoms with Crippen molar-refractivity contribution in [2.24, 2.45) is 0 Å². The minimum atomic E-state index is 0.658. The van der Waals surface area contributed by atoms with Crippen molar-refractivity contribution in [1.29, 1.82) is 0 Å². The molecule has 114 valence electrons. The summed E-state index contributed by atoms with van der Waals surface area (Å²) in [5.41, 5.74) is 7.04. The fourth-order valence-electron chi connectivity index (χ4n) is 2.75. The molecule has 0 amide bonds. The van der Waals surface area contributed by atoms with Crippen molar-refractivity contribution in [2.45, 2.75) is 20.8 Å². The van der Waals surface area contributed by atoms with Crippen LogP contribution in [-0.4, -0.2) is 19.7 Å². The van der Waals surface area contributed by atoms with Crippen LogP contribution in [0.1, 0.15) is 16.7 Å². The molecule has 5 nitrogen and oxygen atoms in total. The molecule has 0 radical (unpaired) electrons. The van der Waals surface area contributed by atoms with E-state index in [9.17, 15) is 0 Å². The lowest BCUT2D eigenvalue weighted by molar-refractivity contribution is 0.616. The van der Waals surface area contributed by atoms with E-state index in [-0.39, 0.29) is 0 Å². The van der Waals surface area contributed by atoms with E-state index in [0.29, 0.717) is 5.89 Å². The van der Waals surface area contributed by atoms with Gasteiger partial charge in [-0.1, -0.05) is 17.7 Å². The monoisotopic (exact) mass is 304 g/mol. The molecule has 0 aliphatic carbocycles. The first-order valence-electron chi connectivity index (χ1n) is 7.45. The van der Waals surface area contributed by atoms with Crippen LogP contribution < -0.4 is 0 Å². The summed E-state index contributed by atoms with van der Waals surface area (Å²) in [6, 6.07) is 10.3. The molecule has 2 aromatic carbocycles. The number of hydrogen-bond donors (Lipinski definition) is 0. The van der Waals surface area contributed by atoms with Crippen molar-refractivity contribution >= 4 is 11.1 Å². The van der Waals surface area contributed by atoms with Crippen molar-refractivity contribution in [2.75, 3.05) is 0 Å². The van der Waals surface area contributed by atoms with Crippen molar-refractivity contribution in [1.82, 2.24) is 19.7 Å². The predicted molar refractivity (Wildman–Crippen MR) is 88.6 cm³/mol. The SMILES string of the molecule is Cc1ccc(C)c(-c2nc3cc(-n4cnnc4)cc(C)c3o2)c1. The lowest BCUT2D eigenvalue weighted by Crippen LogP contribution is -1.91. The average Bonchev–Trinajstić information content (AvgIpc) is 3.18. The van der Waals surface area contributed by atoms with Crippen molar-refractivity contribution in [3.8, 4) is 17.1 Å². The van der Waals surface area contributed by atoms with E-state index >= 15 is 0 Å². The van der Waals surface area contributed by atoms with Crippen molar-refractivity contribution < 1.29 is 4.42 Å². The van der Waals surface area contributed by atoms with E-state index in [1.54, 1.807) is 12.7 Å². The number of benzene rings is 2.